The number of H-pyrrole nitrogens is 1. The van der Waals surface area contributed by atoms with Crippen molar-refractivity contribution in [2.45, 2.75) is 0 Å². The topological polar surface area (TPSA) is 57.8 Å². The molecule has 0 saturated heterocycles. The highest BCUT2D eigenvalue weighted by molar-refractivity contribution is 9.10. The van der Waals surface area contributed by atoms with Gasteiger partial charge in [-0.3, -0.25) is 9.89 Å². The highest BCUT2D eigenvalue weighted by atomic mass is 79.9. The molecule has 2 heterocycles. The van der Waals surface area contributed by atoms with E-state index < -0.39 is 0 Å². The third kappa shape index (κ3) is 2.81. The molecule has 3 rings (SSSR count). The van der Waals surface area contributed by atoms with Gasteiger partial charge in [-0.1, -0.05) is 28.1 Å². The van der Waals surface area contributed by atoms with Crippen LogP contribution >= 0.6 is 27.3 Å². The number of nitrogens with zero attached hydrogens (tertiary/aromatic N) is 1. The molecule has 20 heavy (non-hydrogen) atoms. The first kappa shape index (κ1) is 13.1. The molecule has 1 amide bonds. The summed E-state index contributed by atoms with van der Waals surface area (Å²) in [5.74, 6) is -0.234. The van der Waals surface area contributed by atoms with Crippen molar-refractivity contribution in [3.05, 3.63) is 58.0 Å². The van der Waals surface area contributed by atoms with Crippen LogP contribution in [0, 0.1) is 0 Å². The van der Waals surface area contributed by atoms with Gasteiger partial charge in [-0.25, -0.2) is 0 Å². The first-order valence-corrected chi connectivity index (χ1v) is 7.56. The Morgan fingerprint density at radius 1 is 1.25 bits per heavy atom. The van der Waals surface area contributed by atoms with Crippen LogP contribution in [0.3, 0.4) is 0 Å². The van der Waals surface area contributed by atoms with Gasteiger partial charge in [0, 0.05) is 10.2 Å². The summed E-state index contributed by atoms with van der Waals surface area (Å²) in [4.78, 5) is 13.2. The highest BCUT2D eigenvalue weighted by Crippen LogP contribution is 2.23. The van der Waals surface area contributed by atoms with Crippen molar-refractivity contribution in [3.63, 3.8) is 0 Å². The first-order valence-electron chi connectivity index (χ1n) is 5.88. The van der Waals surface area contributed by atoms with Crippen LogP contribution in [0.25, 0.3) is 10.6 Å². The number of hydrogen-bond donors (Lipinski definition) is 2. The van der Waals surface area contributed by atoms with Crippen LogP contribution in [-0.4, -0.2) is 16.1 Å². The molecule has 0 aliphatic heterocycles. The van der Waals surface area contributed by atoms with E-state index in [9.17, 15) is 4.79 Å². The van der Waals surface area contributed by atoms with Crippen LogP contribution in [-0.2, 0) is 0 Å². The van der Waals surface area contributed by atoms with Crippen LogP contribution in [0.2, 0.25) is 0 Å². The lowest BCUT2D eigenvalue weighted by Crippen LogP contribution is -2.12. The normalized spacial score (nSPS) is 10.4. The summed E-state index contributed by atoms with van der Waals surface area (Å²) in [6.07, 6.45) is 0. The Hall–Kier alpha value is -1.92. The fourth-order valence-corrected chi connectivity index (χ4v) is 2.85. The van der Waals surface area contributed by atoms with Gasteiger partial charge in [-0.05, 0) is 35.7 Å². The second-order valence-electron chi connectivity index (χ2n) is 4.11. The predicted molar refractivity (Wildman–Crippen MR) is 84.0 cm³/mol. The van der Waals surface area contributed by atoms with Gasteiger partial charge in [-0.15, -0.1) is 11.3 Å². The molecular weight excluding hydrogens is 338 g/mol. The van der Waals surface area contributed by atoms with E-state index in [2.05, 4.69) is 31.4 Å². The fourth-order valence-electron chi connectivity index (χ4n) is 1.76. The number of rotatable bonds is 3. The van der Waals surface area contributed by atoms with E-state index in [1.54, 1.807) is 17.4 Å². The molecule has 0 radical (unpaired) electrons. The maximum Gasteiger partial charge on any atom is 0.276 e. The van der Waals surface area contributed by atoms with Gasteiger partial charge in [0.2, 0.25) is 0 Å². The number of aromatic amines is 1. The molecule has 0 unspecified atom stereocenters. The molecule has 0 saturated carbocycles. The second kappa shape index (κ2) is 5.60. The molecule has 0 aliphatic carbocycles. The molecular formula is C14H10BrN3OS. The van der Waals surface area contributed by atoms with Gasteiger partial charge in [-0.2, -0.15) is 5.10 Å². The highest BCUT2D eigenvalue weighted by Gasteiger charge is 2.12. The minimum Gasteiger partial charge on any atom is -0.321 e. The number of benzene rings is 1. The average molecular weight is 348 g/mol. The van der Waals surface area contributed by atoms with Crippen molar-refractivity contribution in [1.82, 2.24) is 10.2 Å². The molecule has 0 atom stereocenters. The number of amides is 1. The van der Waals surface area contributed by atoms with Crippen LogP contribution in [0.15, 0.2) is 52.3 Å². The van der Waals surface area contributed by atoms with E-state index in [1.165, 1.54) is 0 Å². The average Bonchev–Trinajstić information content (AvgIpc) is 3.10. The number of carbonyl (C=O) groups is 1. The molecule has 0 spiro atoms. The number of aromatic nitrogens is 2. The molecule has 2 N–H and O–H groups in total. The van der Waals surface area contributed by atoms with Crippen LogP contribution in [0.5, 0.6) is 0 Å². The Balaban J connectivity index is 1.78. The number of carbonyl (C=O) groups excluding carboxylic acids is 1. The van der Waals surface area contributed by atoms with Crippen LogP contribution < -0.4 is 5.32 Å². The summed E-state index contributed by atoms with van der Waals surface area (Å²) in [6.45, 7) is 0. The molecule has 0 bridgehead atoms. The van der Waals surface area contributed by atoms with Crippen molar-refractivity contribution < 1.29 is 4.79 Å². The maximum absolute atomic E-state index is 12.1. The summed E-state index contributed by atoms with van der Waals surface area (Å²) in [5, 5.41) is 11.7. The molecule has 0 fully saturated rings. The van der Waals surface area contributed by atoms with Crippen molar-refractivity contribution in [1.29, 1.82) is 0 Å². The number of thiophene rings is 1. The largest absolute Gasteiger partial charge is 0.321 e. The van der Waals surface area contributed by atoms with E-state index in [0.717, 1.165) is 20.7 Å². The van der Waals surface area contributed by atoms with Gasteiger partial charge in [0.25, 0.3) is 5.91 Å². The van der Waals surface area contributed by atoms with Gasteiger partial charge >= 0.3 is 0 Å². The molecule has 2 aromatic heterocycles. The lowest BCUT2D eigenvalue weighted by atomic mass is 10.3. The SMILES string of the molecule is O=C(Nc1cccc(Br)c1)c1cc(-c2cccs2)[nH]n1. The fraction of sp³-hybridized carbons (Fsp3) is 0. The lowest BCUT2D eigenvalue weighted by Gasteiger charge is -2.02. The second-order valence-corrected chi connectivity index (χ2v) is 5.97. The Bertz CT molecular complexity index is 736. The quantitative estimate of drug-likeness (QED) is 0.747. The Labute approximate surface area is 128 Å². The van der Waals surface area contributed by atoms with E-state index in [1.807, 2.05) is 41.8 Å². The summed E-state index contributed by atoms with van der Waals surface area (Å²) < 4.78 is 0.914. The lowest BCUT2D eigenvalue weighted by molar-refractivity contribution is 0.102. The maximum atomic E-state index is 12.1. The summed E-state index contributed by atoms with van der Waals surface area (Å²) in [7, 11) is 0. The molecule has 6 heteroatoms. The van der Waals surface area contributed by atoms with Gasteiger partial charge in [0.05, 0.1) is 10.6 Å². The summed E-state index contributed by atoms with van der Waals surface area (Å²) in [6, 6.07) is 13.1. The summed E-state index contributed by atoms with van der Waals surface area (Å²) in [5.41, 5.74) is 1.94. The Morgan fingerprint density at radius 3 is 2.90 bits per heavy atom. The third-order valence-electron chi connectivity index (χ3n) is 2.68. The monoisotopic (exact) mass is 347 g/mol. The smallest absolute Gasteiger partial charge is 0.276 e. The Morgan fingerprint density at radius 2 is 2.15 bits per heavy atom. The number of hydrogen-bond acceptors (Lipinski definition) is 3. The van der Waals surface area contributed by atoms with Gasteiger partial charge in [0.15, 0.2) is 5.69 Å². The molecule has 1 aromatic carbocycles. The zero-order valence-corrected chi connectivity index (χ0v) is 12.7. The van der Waals surface area contributed by atoms with Crippen molar-refractivity contribution in [2.75, 3.05) is 5.32 Å². The molecule has 0 aliphatic rings. The first-order chi connectivity index (χ1) is 9.72. The van der Waals surface area contributed by atoms with Crippen molar-refractivity contribution in [2.24, 2.45) is 0 Å². The number of halogens is 1. The van der Waals surface area contributed by atoms with E-state index in [0.29, 0.717) is 5.69 Å². The number of anilines is 1. The molecule has 3 aromatic rings. The van der Waals surface area contributed by atoms with Gasteiger partial charge in [0.1, 0.15) is 0 Å². The van der Waals surface area contributed by atoms with Crippen LogP contribution in [0.4, 0.5) is 5.69 Å². The molecule has 100 valence electrons. The van der Waals surface area contributed by atoms with E-state index >= 15 is 0 Å². The molecule has 4 nitrogen and oxygen atoms in total. The Kier molecular flexibility index (Phi) is 3.66. The van der Waals surface area contributed by atoms with Gasteiger partial charge < -0.3 is 5.32 Å². The van der Waals surface area contributed by atoms with Crippen LogP contribution in [0.1, 0.15) is 10.5 Å². The van der Waals surface area contributed by atoms with Crippen molar-refractivity contribution in [3.8, 4) is 10.6 Å². The minimum absolute atomic E-state index is 0.234. The standard InChI is InChI=1S/C14H10BrN3OS/c15-9-3-1-4-10(7-9)16-14(19)12-8-11(17-18-12)13-5-2-6-20-13/h1-8H,(H,16,19)(H,17,18). The van der Waals surface area contributed by atoms with Crippen molar-refractivity contribution >= 4 is 38.9 Å². The number of nitrogens with one attached hydrogen (secondary N) is 2. The van der Waals surface area contributed by atoms with E-state index in [-0.39, 0.29) is 5.91 Å². The third-order valence-corrected chi connectivity index (χ3v) is 4.08. The minimum atomic E-state index is -0.234. The zero-order valence-electron chi connectivity index (χ0n) is 10.3. The summed E-state index contributed by atoms with van der Waals surface area (Å²) >= 11 is 4.96. The predicted octanol–water partition coefficient (Wildman–Crippen LogP) is 4.15. The zero-order chi connectivity index (χ0) is 13.9. The van der Waals surface area contributed by atoms with E-state index in [4.69, 9.17) is 0 Å².